The number of halogens is 2. The minimum absolute atomic E-state index is 0.228. The molecule has 1 heterocycles. The van der Waals surface area contributed by atoms with E-state index < -0.39 is 17.5 Å². The zero-order valence-corrected chi connectivity index (χ0v) is 18.1. The Hall–Kier alpha value is -2.03. The summed E-state index contributed by atoms with van der Waals surface area (Å²) in [5, 5.41) is 0.387. The normalized spacial score (nSPS) is 12.3. The SMILES string of the molecule is CCOCCn1c(=NC(=O)c2cccc(SC(C)C)c2)sc2cc(F)cc(F)c21. The van der Waals surface area contributed by atoms with Crippen LogP contribution < -0.4 is 4.80 Å². The molecule has 1 aromatic heterocycles. The zero-order chi connectivity index (χ0) is 21.0. The van der Waals surface area contributed by atoms with Crippen molar-refractivity contribution in [3.05, 3.63) is 58.4 Å². The number of carbonyl (C=O) groups is 1. The second-order valence-electron chi connectivity index (χ2n) is 6.58. The lowest BCUT2D eigenvalue weighted by Crippen LogP contribution is -2.20. The van der Waals surface area contributed by atoms with Crippen LogP contribution in [0.25, 0.3) is 10.2 Å². The minimum Gasteiger partial charge on any atom is -0.380 e. The monoisotopic (exact) mass is 436 g/mol. The van der Waals surface area contributed by atoms with E-state index in [0.717, 1.165) is 22.3 Å². The first-order chi connectivity index (χ1) is 13.9. The van der Waals surface area contributed by atoms with Crippen molar-refractivity contribution < 1.29 is 18.3 Å². The molecule has 2 aromatic carbocycles. The summed E-state index contributed by atoms with van der Waals surface area (Å²) in [7, 11) is 0. The number of amides is 1. The Morgan fingerprint density at radius 1 is 1.28 bits per heavy atom. The molecule has 154 valence electrons. The molecule has 0 aliphatic carbocycles. The van der Waals surface area contributed by atoms with Crippen molar-refractivity contribution in [1.29, 1.82) is 0 Å². The molecule has 0 N–H and O–H groups in total. The Kier molecular flexibility index (Phi) is 7.21. The average Bonchev–Trinajstić information content (AvgIpc) is 2.98. The van der Waals surface area contributed by atoms with E-state index in [0.29, 0.717) is 40.1 Å². The van der Waals surface area contributed by atoms with E-state index in [9.17, 15) is 13.6 Å². The molecule has 29 heavy (non-hydrogen) atoms. The number of nitrogens with zero attached hydrogens (tertiary/aromatic N) is 2. The number of rotatable bonds is 7. The highest BCUT2D eigenvalue weighted by molar-refractivity contribution is 7.99. The molecule has 0 atom stereocenters. The van der Waals surface area contributed by atoms with E-state index in [-0.39, 0.29) is 5.52 Å². The van der Waals surface area contributed by atoms with Crippen molar-refractivity contribution in [3.63, 3.8) is 0 Å². The quantitative estimate of drug-likeness (QED) is 0.375. The molecule has 0 fully saturated rings. The third kappa shape index (κ3) is 5.32. The van der Waals surface area contributed by atoms with Crippen molar-refractivity contribution in [2.45, 2.75) is 37.5 Å². The van der Waals surface area contributed by atoms with E-state index in [1.165, 1.54) is 6.07 Å². The lowest BCUT2D eigenvalue weighted by molar-refractivity contribution is 0.0996. The Morgan fingerprint density at radius 2 is 2.07 bits per heavy atom. The maximum absolute atomic E-state index is 14.4. The van der Waals surface area contributed by atoms with Gasteiger partial charge in [0.05, 0.1) is 16.8 Å². The summed E-state index contributed by atoms with van der Waals surface area (Å²) in [5.74, 6) is -1.77. The number of aromatic nitrogens is 1. The van der Waals surface area contributed by atoms with Crippen molar-refractivity contribution in [3.8, 4) is 0 Å². The molecule has 4 nitrogen and oxygen atoms in total. The molecule has 1 amide bonds. The molecule has 0 saturated carbocycles. The molecule has 0 aliphatic rings. The van der Waals surface area contributed by atoms with Crippen LogP contribution in [0.4, 0.5) is 8.78 Å². The fourth-order valence-corrected chi connectivity index (χ4v) is 4.84. The first-order valence-corrected chi connectivity index (χ1v) is 11.0. The molecule has 3 aromatic rings. The van der Waals surface area contributed by atoms with E-state index in [4.69, 9.17) is 4.74 Å². The van der Waals surface area contributed by atoms with E-state index in [1.54, 1.807) is 28.5 Å². The fraction of sp³-hybridized carbons (Fsp3) is 0.333. The second kappa shape index (κ2) is 9.65. The van der Waals surface area contributed by atoms with Crippen LogP contribution in [0.5, 0.6) is 0 Å². The number of hydrogen-bond acceptors (Lipinski definition) is 4. The number of benzene rings is 2. The molecular weight excluding hydrogens is 414 g/mol. The van der Waals surface area contributed by atoms with Crippen molar-refractivity contribution in [2.24, 2.45) is 4.99 Å². The Morgan fingerprint density at radius 3 is 2.79 bits per heavy atom. The van der Waals surface area contributed by atoms with Crippen LogP contribution in [0, 0.1) is 11.6 Å². The number of thiazole rings is 1. The highest BCUT2D eigenvalue weighted by Crippen LogP contribution is 2.24. The van der Waals surface area contributed by atoms with Gasteiger partial charge in [0.2, 0.25) is 0 Å². The fourth-order valence-electron chi connectivity index (χ4n) is 2.85. The van der Waals surface area contributed by atoms with Crippen molar-refractivity contribution in [1.82, 2.24) is 4.57 Å². The lowest BCUT2D eigenvalue weighted by atomic mass is 10.2. The largest absolute Gasteiger partial charge is 0.380 e. The molecular formula is C21H22F2N2O2S2. The first-order valence-electron chi connectivity index (χ1n) is 9.31. The number of hydrogen-bond donors (Lipinski definition) is 0. The molecule has 0 spiro atoms. The average molecular weight is 437 g/mol. The maximum atomic E-state index is 14.4. The highest BCUT2D eigenvalue weighted by atomic mass is 32.2. The van der Waals surface area contributed by atoms with E-state index >= 15 is 0 Å². The van der Waals surface area contributed by atoms with Crippen LogP contribution in [0.3, 0.4) is 0 Å². The van der Waals surface area contributed by atoms with Crippen molar-refractivity contribution in [2.75, 3.05) is 13.2 Å². The number of thioether (sulfide) groups is 1. The van der Waals surface area contributed by atoms with Gasteiger partial charge in [-0.25, -0.2) is 8.78 Å². The molecule has 0 unspecified atom stereocenters. The van der Waals surface area contributed by atoms with Crippen LogP contribution in [0.15, 0.2) is 46.3 Å². The summed E-state index contributed by atoms with van der Waals surface area (Å²) in [6.07, 6.45) is 0. The predicted molar refractivity (Wildman–Crippen MR) is 114 cm³/mol. The smallest absolute Gasteiger partial charge is 0.279 e. The van der Waals surface area contributed by atoms with Gasteiger partial charge < -0.3 is 9.30 Å². The van der Waals surface area contributed by atoms with E-state index in [1.807, 2.05) is 19.1 Å². The van der Waals surface area contributed by atoms with Gasteiger partial charge in [0, 0.05) is 34.9 Å². The minimum atomic E-state index is -0.683. The molecule has 8 heteroatoms. The zero-order valence-electron chi connectivity index (χ0n) is 16.4. The Labute approximate surface area is 176 Å². The van der Waals surface area contributed by atoms with Crippen LogP contribution in [0.1, 0.15) is 31.1 Å². The molecule has 0 bridgehead atoms. The van der Waals surface area contributed by atoms with Crippen LogP contribution in [-0.2, 0) is 11.3 Å². The van der Waals surface area contributed by atoms with Crippen LogP contribution in [0.2, 0.25) is 0 Å². The number of ether oxygens (including phenoxy) is 1. The third-order valence-corrected chi connectivity index (χ3v) is 6.03. The van der Waals surface area contributed by atoms with Gasteiger partial charge in [-0.3, -0.25) is 4.79 Å². The predicted octanol–water partition coefficient (Wildman–Crippen LogP) is 5.26. The highest BCUT2D eigenvalue weighted by Gasteiger charge is 2.15. The third-order valence-electron chi connectivity index (χ3n) is 4.01. The van der Waals surface area contributed by atoms with Gasteiger partial charge in [0.15, 0.2) is 10.6 Å². The molecule has 3 rings (SSSR count). The first kappa shape index (κ1) is 21.7. The molecule has 0 aliphatic heterocycles. The summed E-state index contributed by atoms with van der Waals surface area (Å²) in [6, 6.07) is 9.36. The van der Waals surface area contributed by atoms with Gasteiger partial charge in [-0.05, 0) is 31.2 Å². The van der Waals surface area contributed by atoms with Crippen LogP contribution >= 0.6 is 23.1 Å². The standard InChI is InChI=1S/C21H22F2N2O2S2/c1-4-27-9-8-25-19-17(23)11-15(22)12-18(19)29-21(25)24-20(26)14-6-5-7-16(10-14)28-13(2)3/h5-7,10-13H,4,8-9H2,1-3H3. The summed E-state index contributed by atoms with van der Waals surface area (Å²) >= 11 is 2.74. The van der Waals surface area contributed by atoms with E-state index in [2.05, 4.69) is 18.8 Å². The van der Waals surface area contributed by atoms with Gasteiger partial charge in [-0.2, -0.15) is 4.99 Å². The van der Waals surface area contributed by atoms with Crippen molar-refractivity contribution >= 4 is 39.2 Å². The van der Waals surface area contributed by atoms with Gasteiger partial charge in [-0.15, -0.1) is 11.8 Å². The molecule has 0 radical (unpaired) electrons. The van der Waals surface area contributed by atoms with Crippen LogP contribution in [-0.4, -0.2) is 28.9 Å². The Balaban J connectivity index is 2.05. The number of carbonyl (C=O) groups excluding carboxylic acids is 1. The van der Waals surface area contributed by atoms with Gasteiger partial charge >= 0.3 is 0 Å². The van der Waals surface area contributed by atoms with Gasteiger partial charge in [0.1, 0.15) is 5.82 Å². The summed E-state index contributed by atoms with van der Waals surface area (Å²) < 4.78 is 35.4. The summed E-state index contributed by atoms with van der Waals surface area (Å²) in [6.45, 7) is 7.19. The molecule has 0 saturated heterocycles. The summed E-state index contributed by atoms with van der Waals surface area (Å²) in [5.41, 5.74) is 0.683. The summed E-state index contributed by atoms with van der Waals surface area (Å²) in [4.78, 5) is 18.3. The maximum Gasteiger partial charge on any atom is 0.279 e. The Bertz CT molecular complexity index is 1090. The number of fused-ring (bicyclic) bond motifs is 1. The lowest BCUT2D eigenvalue weighted by Gasteiger charge is -2.07. The second-order valence-corrected chi connectivity index (χ2v) is 9.24. The van der Waals surface area contributed by atoms with Gasteiger partial charge in [-0.1, -0.05) is 31.3 Å². The van der Waals surface area contributed by atoms with Gasteiger partial charge in [0.25, 0.3) is 5.91 Å². The topological polar surface area (TPSA) is 43.6 Å².